The maximum atomic E-state index is 12.8. The van der Waals surface area contributed by atoms with Crippen molar-refractivity contribution in [1.29, 1.82) is 0 Å². The fraction of sp³-hybridized carbons (Fsp3) is 0.400. The number of aromatic nitrogens is 2. The van der Waals surface area contributed by atoms with Gasteiger partial charge in [0.25, 0.3) is 0 Å². The van der Waals surface area contributed by atoms with Gasteiger partial charge in [-0.2, -0.15) is 0 Å². The number of nitrogens with zero attached hydrogens (tertiary/aromatic N) is 2. The minimum Gasteiger partial charge on any atom is -0.481 e. The molecule has 4 rings (SSSR count). The average molecular weight is 779 g/mol. The number of aliphatic carboxylic acids is 2. The van der Waals surface area contributed by atoms with E-state index in [4.69, 9.17) is 33.3 Å². The molecule has 56 heavy (non-hydrogen) atoms. The molecule has 0 aliphatic rings. The molecule has 0 saturated heterocycles. The Labute approximate surface area is 323 Å². The molecule has 0 bridgehead atoms. The van der Waals surface area contributed by atoms with E-state index < -0.39 is 58.9 Å². The maximum Gasteiger partial charge on any atom is 0.337 e. The zero-order valence-electron chi connectivity index (χ0n) is 32.9. The van der Waals surface area contributed by atoms with Gasteiger partial charge in [0.05, 0.1) is 36.7 Å². The highest BCUT2D eigenvalue weighted by atomic mass is 16.6. The Morgan fingerprint density at radius 1 is 0.589 bits per heavy atom. The second-order valence-corrected chi connectivity index (χ2v) is 14.4. The van der Waals surface area contributed by atoms with Crippen LogP contribution in [0.1, 0.15) is 85.2 Å². The summed E-state index contributed by atoms with van der Waals surface area (Å²) in [5.41, 5.74) is 1.15. The number of hydrogen-bond acceptors (Lipinski definition) is 14. The van der Waals surface area contributed by atoms with Crippen molar-refractivity contribution in [2.24, 2.45) is 11.8 Å². The Kier molecular flexibility index (Phi) is 14.4. The molecule has 2 heterocycles. The summed E-state index contributed by atoms with van der Waals surface area (Å²) in [6.07, 6.45) is -0.306. The first-order valence-corrected chi connectivity index (χ1v) is 17.2. The van der Waals surface area contributed by atoms with Gasteiger partial charge in [0.1, 0.15) is 22.7 Å². The number of esters is 4. The lowest BCUT2D eigenvalue weighted by Crippen LogP contribution is -2.38. The molecule has 16 nitrogen and oxygen atoms in total. The van der Waals surface area contributed by atoms with Gasteiger partial charge in [0.15, 0.2) is 11.8 Å². The predicted octanol–water partition coefficient (Wildman–Crippen LogP) is 6.04. The van der Waals surface area contributed by atoms with Gasteiger partial charge in [0, 0.05) is 24.0 Å². The molecule has 2 N–H and O–H groups in total. The van der Waals surface area contributed by atoms with Crippen molar-refractivity contribution in [3.05, 3.63) is 82.6 Å². The van der Waals surface area contributed by atoms with Crippen LogP contribution in [0.2, 0.25) is 0 Å². The molecule has 0 radical (unpaired) electrons. The van der Waals surface area contributed by atoms with Crippen molar-refractivity contribution < 1.29 is 66.8 Å². The van der Waals surface area contributed by atoms with Crippen LogP contribution < -0.4 is 0 Å². The van der Waals surface area contributed by atoms with Crippen molar-refractivity contribution >= 4 is 35.8 Å². The number of aryl methyl sites for hydroxylation is 2. The summed E-state index contributed by atoms with van der Waals surface area (Å²) in [4.78, 5) is 79.2. The summed E-state index contributed by atoms with van der Waals surface area (Å²) >= 11 is 0. The quantitative estimate of drug-likeness (QED) is 0.0947. The van der Waals surface area contributed by atoms with Gasteiger partial charge < -0.3 is 38.0 Å². The van der Waals surface area contributed by atoms with Crippen LogP contribution in [-0.2, 0) is 51.0 Å². The van der Waals surface area contributed by atoms with E-state index in [0.29, 0.717) is 45.4 Å². The standard InChI is InChI=1S/C24H31NO7.C16H15NO7/c1-14-18(25-19(30-14)15-9-11-16(12-10-15)20(26)29-8)13-17(21(27)31-23(2,3)4)22(28)32-24(5,6)7;1-8-12(7-11(14(18)19)15(20)21)17-13(24-8)9-3-5-10(6-4-9)16(22)23-2/h9-12,17H,13H2,1-8H3;3-6,11H,7H2,1-2H3,(H,18,19)(H,20,21). The second-order valence-electron chi connectivity index (χ2n) is 14.4. The van der Waals surface area contributed by atoms with Gasteiger partial charge in [-0.25, -0.2) is 19.6 Å². The number of carbonyl (C=O) groups is 6. The van der Waals surface area contributed by atoms with Crippen LogP contribution >= 0.6 is 0 Å². The number of hydrogen-bond donors (Lipinski definition) is 2. The van der Waals surface area contributed by atoms with Gasteiger partial charge in [0.2, 0.25) is 11.8 Å². The van der Waals surface area contributed by atoms with Gasteiger partial charge >= 0.3 is 35.8 Å². The van der Waals surface area contributed by atoms with Gasteiger partial charge in [-0.05, 0) is 104 Å². The van der Waals surface area contributed by atoms with Crippen LogP contribution in [-0.4, -0.2) is 81.4 Å². The number of oxazole rings is 2. The number of carboxylic acid groups (broad SMARTS) is 2. The third-order valence-corrected chi connectivity index (χ3v) is 7.66. The van der Waals surface area contributed by atoms with E-state index in [9.17, 15) is 28.8 Å². The largest absolute Gasteiger partial charge is 0.481 e. The summed E-state index contributed by atoms with van der Waals surface area (Å²) in [5.74, 6) is -6.61. The number of carboxylic acids is 2. The average Bonchev–Trinajstić information content (AvgIpc) is 3.68. The molecule has 4 aromatic rings. The molecule has 300 valence electrons. The van der Waals surface area contributed by atoms with E-state index in [1.807, 2.05) is 0 Å². The van der Waals surface area contributed by atoms with Crippen molar-refractivity contribution in [3.8, 4) is 22.9 Å². The van der Waals surface area contributed by atoms with E-state index in [1.54, 1.807) is 91.8 Å². The molecule has 0 saturated carbocycles. The third kappa shape index (κ3) is 12.4. The molecule has 0 fully saturated rings. The van der Waals surface area contributed by atoms with Crippen LogP contribution in [0, 0.1) is 25.7 Å². The van der Waals surface area contributed by atoms with E-state index in [0.717, 1.165) is 0 Å². The highest BCUT2D eigenvalue weighted by molar-refractivity contribution is 5.96. The Morgan fingerprint density at radius 2 is 0.911 bits per heavy atom. The summed E-state index contributed by atoms with van der Waals surface area (Å²) in [6.45, 7) is 13.7. The van der Waals surface area contributed by atoms with E-state index in [2.05, 4.69) is 14.7 Å². The molecule has 0 amide bonds. The number of methoxy groups -OCH3 is 2. The third-order valence-electron chi connectivity index (χ3n) is 7.66. The fourth-order valence-corrected chi connectivity index (χ4v) is 4.89. The molecule has 16 heteroatoms. The molecule has 0 unspecified atom stereocenters. The highest BCUT2D eigenvalue weighted by Gasteiger charge is 2.36. The van der Waals surface area contributed by atoms with Crippen molar-refractivity contribution in [2.75, 3.05) is 14.2 Å². The number of carbonyl (C=O) groups excluding carboxylic acids is 4. The van der Waals surface area contributed by atoms with E-state index >= 15 is 0 Å². The van der Waals surface area contributed by atoms with E-state index in [-0.39, 0.29) is 24.4 Å². The zero-order chi connectivity index (χ0) is 42.1. The smallest absolute Gasteiger partial charge is 0.337 e. The fourth-order valence-electron chi connectivity index (χ4n) is 4.89. The van der Waals surface area contributed by atoms with Crippen LogP contribution in [0.3, 0.4) is 0 Å². The Morgan fingerprint density at radius 3 is 1.20 bits per heavy atom. The minimum atomic E-state index is -1.59. The lowest BCUT2D eigenvalue weighted by molar-refractivity contribution is -0.174. The topological polar surface area (TPSA) is 232 Å². The van der Waals surface area contributed by atoms with Gasteiger partial charge in [-0.3, -0.25) is 19.2 Å². The highest BCUT2D eigenvalue weighted by Crippen LogP contribution is 2.27. The van der Waals surface area contributed by atoms with Crippen LogP contribution in [0.25, 0.3) is 22.9 Å². The number of benzene rings is 2. The summed E-state index contributed by atoms with van der Waals surface area (Å²) < 4.78 is 31.4. The van der Waals surface area contributed by atoms with Gasteiger partial charge in [-0.15, -0.1) is 0 Å². The molecule has 2 aromatic carbocycles. The molecule has 2 aromatic heterocycles. The molecular formula is C40H46N2O14. The Bertz CT molecular complexity index is 2000. The lowest BCUT2D eigenvalue weighted by Gasteiger charge is -2.26. The van der Waals surface area contributed by atoms with Crippen molar-refractivity contribution in [1.82, 2.24) is 9.97 Å². The van der Waals surface area contributed by atoms with Crippen LogP contribution in [0.5, 0.6) is 0 Å². The normalized spacial score (nSPS) is 11.4. The summed E-state index contributed by atoms with van der Waals surface area (Å²) in [5, 5.41) is 17.9. The molecular weight excluding hydrogens is 732 g/mol. The van der Waals surface area contributed by atoms with E-state index in [1.165, 1.54) is 26.4 Å². The second kappa shape index (κ2) is 18.3. The van der Waals surface area contributed by atoms with Crippen LogP contribution in [0.4, 0.5) is 0 Å². The molecule has 0 spiro atoms. The molecule has 0 atom stereocenters. The zero-order valence-corrected chi connectivity index (χ0v) is 32.9. The number of ether oxygens (including phenoxy) is 4. The van der Waals surface area contributed by atoms with Crippen LogP contribution in [0.15, 0.2) is 57.4 Å². The Balaban J connectivity index is 0.000000313. The first-order valence-electron chi connectivity index (χ1n) is 17.2. The summed E-state index contributed by atoms with van der Waals surface area (Å²) in [7, 11) is 2.59. The molecule has 0 aliphatic heterocycles. The number of rotatable bonds is 12. The monoisotopic (exact) mass is 778 g/mol. The lowest BCUT2D eigenvalue weighted by atomic mass is 10.0. The predicted molar refractivity (Wildman–Crippen MR) is 197 cm³/mol. The van der Waals surface area contributed by atoms with Crippen molar-refractivity contribution in [2.45, 2.75) is 79.4 Å². The maximum absolute atomic E-state index is 12.8. The SMILES string of the molecule is COC(=O)c1ccc(-c2nc(CC(C(=O)O)C(=O)O)c(C)o2)cc1.COC(=O)c1ccc(-c2nc(CC(C(=O)OC(C)(C)C)C(=O)OC(C)(C)C)c(C)o2)cc1. The Hall–Kier alpha value is -6.32. The molecule has 0 aliphatic carbocycles. The summed E-state index contributed by atoms with van der Waals surface area (Å²) in [6, 6.07) is 12.9. The minimum absolute atomic E-state index is 0.0284. The van der Waals surface area contributed by atoms with Gasteiger partial charge in [-0.1, -0.05) is 0 Å². The first kappa shape index (κ1) is 44.1. The first-order chi connectivity index (χ1) is 26.0. The van der Waals surface area contributed by atoms with Crippen molar-refractivity contribution in [3.63, 3.8) is 0 Å².